The van der Waals surface area contributed by atoms with E-state index in [2.05, 4.69) is 25.6 Å². The van der Waals surface area contributed by atoms with Gasteiger partial charge in [0.15, 0.2) is 0 Å². The Morgan fingerprint density at radius 1 is 1.00 bits per heavy atom. The lowest BCUT2D eigenvalue weighted by atomic mass is 10.1. The van der Waals surface area contributed by atoms with E-state index in [1.807, 2.05) is 30.3 Å². The van der Waals surface area contributed by atoms with Crippen LogP contribution in [0.3, 0.4) is 0 Å². The molecule has 0 aliphatic heterocycles. The highest BCUT2D eigenvalue weighted by molar-refractivity contribution is 9.10. The molecule has 0 aliphatic carbocycles. The molecule has 2 aromatic carbocycles. The van der Waals surface area contributed by atoms with Crippen LogP contribution in [-0.4, -0.2) is 13.4 Å². The molecular weight excluding hydrogens is 364 g/mol. The summed E-state index contributed by atoms with van der Waals surface area (Å²) < 4.78 is 28.1. The second kappa shape index (κ2) is 6.16. The third-order valence-corrected chi connectivity index (χ3v) is 5.26. The first-order valence-electron chi connectivity index (χ1n) is 6.64. The Labute approximate surface area is 137 Å². The van der Waals surface area contributed by atoms with Crippen molar-refractivity contribution in [1.82, 2.24) is 9.71 Å². The van der Waals surface area contributed by atoms with Crippen molar-refractivity contribution >= 4 is 36.9 Å². The van der Waals surface area contributed by atoms with Gasteiger partial charge in [0.05, 0.1) is 10.4 Å². The van der Waals surface area contributed by atoms with Gasteiger partial charge in [0.25, 0.3) is 0 Å². The topological polar surface area (TPSA) is 59.1 Å². The number of aromatic nitrogens is 1. The molecule has 0 atom stereocenters. The van der Waals surface area contributed by atoms with Crippen LogP contribution < -0.4 is 4.72 Å². The standard InChI is InChI=1S/C16H13BrN2O2S/c17-13-5-7-14(8-6-13)22(20,21)19-11-12-9-10-18-16-4-2-1-3-15(12)16/h1-10,19H,11H2. The van der Waals surface area contributed by atoms with Crippen LogP contribution in [0.2, 0.25) is 0 Å². The molecule has 4 nitrogen and oxygen atoms in total. The molecule has 1 N–H and O–H groups in total. The van der Waals surface area contributed by atoms with E-state index < -0.39 is 10.0 Å². The van der Waals surface area contributed by atoms with Crippen LogP contribution in [-0.2, 0) is 16.6 Å². The average Bonchev–Trinajstić information content (AvgIpc) is 2.53. The van der Waals surface area contributed by atoms with Crippen molar-refractivity contribution in [2.75, 3.05) is 0 Å². The van der Waals surface area contributed by atoms with E-state index in [1.165, 1.54) is 0 Å². The van der Waals surface area contributed by atoms with Crippen molar-refractivity contribution in [3.63, 3.8) is 0 Å². The Hall–Kier alpha value is -1.76. The van der Waals surface area contributed by atoms with Crippen molar-refractivity contribution in [3.05, 3.63) is 70.8 Å². The quantitative estimate of drug-likeness (QED) is 0.758. The Morgan fingerprint density at radius 2 is 1.73 bits per heavy atom. The van der Waals surface area contributed by atoms with Gasteiger partial charge in [-0.25, -0.2) is 13.1 Å². The van der Waals surface area contributed by atoms with E-state index in [1.54, 1.807) is 30.5 Å². The van der Waals surface area contributed by atoms with Gasteiger partial charge in [0.2, 0.25) is 10.0 Å². The highest BCUT2D eigenvalue weighted by atomic mass is 79.9. The number of rotatable bonds is 4. The second-order valence-corrected chi connectivity index (χ2v) is 7.45. The van der Waals surface area contributed by atoms with E-state index in [-0.39, 0.29) is 11.4 Å². The zero-order chi connectivity index (χ0) is 15.6. The summed E-state index contributed by atoms with van der Waals surface area (Å²) in [5.74, 6) is 0. The predicted molar refractivity (Wildman–Crippen MR) is 89.9 cm³/mol. The fourth-order valence-corrected chi connectivity index (χ4v) is 3.45. The Kier molecular flexibility index (Phi) is 4.24. The molecule has 0 spiro atoms. The van der Waals surface area contributed by atoms with Crippen LogP contribution in [0.15, 0.2) is 70.2 Å². The van der Waals surface area contributed by atoms with Gasteiger partial charge < -0.3 is 0 Å². The Morgan fingerprint density at radius 3 is 2.50 bits per heavy atom. The Balaban J connectivity index is 1.86. The van der Waals surface area contributed by atoms with E-state index in [0.29, 0.717) is 0 Å². The molecule has 0 saturated heterocycles. The van der Waals surface area contributed by atoms with Crippen LogP contribution in [0.4, 0.5) is 0 Å². The van der Waals surface area contributed by atoms with Crippen molar-refractivity contribution < 1.29 is 8.42 Å². The van der Waals surface area contributed by atoms with Gasteiger partial charge in [-0.15, -0.1) is 0 Å². The predicted octanol–water partition coefficient (Wildman–Crippen LogP) is 3.48. The van der Waals surface area contributed by atoms with Gasteiger partial charge in [-0.1, -0.05) is 34.1 Å². The molecule has 0 amide bonds. The van der Waals surface area contributed by atoms with Gasteiger partial charge in [0.1, 0.15) is 0 Å². The van der Waals surface area contributed by atoms with Gasteiger partial charge in [0, 0.05) is 22.6 Å². The number of fused-ring (bicyclic) bond motifs is 1. The summed E-state index contributed by atoms with van der Waals surface area (Å²) in [6, 6.07) is 16.0. The third kappa shape index (κ3) is 3.19. The Bertz CT molecular complexity index is 904. The lowest BCUT2D eigenvalue weighted by Crippen LogP contribution is -2.23. The van der Waals surface area contributed by atoms with Crippen LogP contribution in [0.1, 0.15) is 5.56 Å². The summed E-state index contributed by atoms with van der Waals surface area (Å²) in [6.07, 6.45) is 1.69. The minimum Gasteiger partial charge on any atom is -0.256 e. The first-order valence-corrected chi connectivity index (χ1v) is 8.92. The van der Waals surface area contributed by atoms with Crippen molar-refractivity contribution in [2.45, 2.75) is 11.4 Å². The number of benzene rings is 2. The second-order valence-electron chi connectivity index (χ2n) is 4.77. The molecule has 112 valence electrons. The molecule has 3 rings (SSSR count). The zero-order valence-corrected chi connectivity index (χ0v) is 13.9. The molecule has 1 heterocycles. The highest BCUT2D eigenvalue weighted by Crippen LogP contribution is 2.18. The SMILES string of the molecule is O=S(=O)(NCc1ccnc2ccccc12)c1ccc(Br)cc1. The number of nitrogens with one attached hydrogen (secondary N) is 1. The van der Waals surface area contributed by atoms with Gasteiger partial charge in [-0.05, 0) is 42.0 Å². The first-order chi connectivity index (χ1) is 10.6. The molecule has 0 aliphatic rings. The maximum atomic E-state index is 12.3. The highest BCUT2D eigenvalue weighted by Gasteiger charge is 2.14. The largest absolute Gasteiger partial charge is 0.256 e. The maximum absolute atomic E-state index is 12.3. The molecule has 0 bridgehead atoms. The minimum absolute atomic E-state index is 0.224. The number of hydrogen-bond donors (Lipinski definition) is 1. The molecule has 6 heteroatoms. The number of hydrogen-bond acceptors (Lipinski definition) is 3. The summed E-state index contributed by atoms with van der Waals surface area (Å²) >= 11 is 3.29. The summed E-state index contributed by atoms with van der Waals surface area (Å²) in [5.41, 5.74) is 1.74. The molecule has 0 saturated carbocycles. The normalized spacial score (nSPS) is 11.7. The number of para-hydroxylation sites is 1. The summed E-state index contributed by atoms with van der Waals surface area (Å²) in [4.78, 5) is 4.52. The van der Waals surface area contributed by atoms with Gasteiger partial charge >= 0.3 is 0 Å². The van der Waals surface area contributed by atoms with E-state index in [4.69, 9.17) is 0 Å². The van der Waals surface area contributed by atoms with E-state index >= 15 is 0 Å². The molecule has 0 radical (unpaired) electrons. The van der Waals surface area contributed by atoms with Crippen LogP contribution >= 0.6 is 15.9 Å². The van der Waals surface area contributed by atoms with Crippen molar-refractivity contribution in [2.24, 2.45) is 0 Å². The average molecular weight is 377 g/mol. The summed E-state index contributed by atoms with van der Waals surface area (Å²) in [6.45, 7) is 0.224. The van der Waals surface area contributed by atoms with E-state index in [9.17, 15) is 8.42 Å². The number of pyridine rings is 1. The minimum atomic E-state index is -3.54. The van der Waals surface area contributed by atoms with Crippen molar-refractivity contribution in [1.29, 1.82) is 0 Å². The van der Waals surface area contributed by atoms with Crippen LogP contribution in [0.5, 0.6) is 0 Å². The molecule has 22 heavy (non-hydrogen) atoms. The maximum Gasteiger partial charge on any atom is 0.240 e. The number of sulfonamides is 1. The van der Waals surface area contributed by atoms with Crippen LogP contribution in [0.25, 0.3) is 10.9 Å². The van der Waals surface area contributed by atoms with Crippen molar-refractivity contribution in [3.8, 4) is 0 Å². The molecule has 3 aromatic rings. The zero-order valence-electron chi connectivity index (χ0n) is 11.5. The third-order valence-electron chi connectivity index (χ3n) is 3.32. The lowest BCUT2D eigenvalue weighted by molar-refractivity contribution is 0.581. The van der Waals surface area contributed by atoms with Gasteiger partial charge in [-0.3, -0.25) is 4.98 Å². The molecular formula is C16H13BrN2O2S. The first kappa shape index (κ1) is 15.1. The smallest absolute Gasteiger partial charge is 0.240 e. The summed E-state index contributed by atoms with van der Waals surface area (Å²) in [7, 11) is -3.54. The fourth-order valence-electron chi connectivity index (χ4n) is 2.18. The van der Waals surface area contributed by atoms with Gasteiger partial charge in [-0.2, -0.15) is 0 Å². The summed E-state index contributed by atoms with van der Waals surface area (Å²) in [5, 5.41) is 0.948. The monoisotopic (exact) mass is 376 g/mol. The molecule has 0 fully saturated rings. The van der Waals surface area contributed by atoms with Crippen LogP contribution in [0, 0.1) is 0 Å². The van der Waals surface area contributed by atoms with E-state index in [0.717, 1.165) is 20.9 Å². The molecule has 1 aromatic heterocycles. The lowest BCUT2D eigenvalue weighted by Gasteiger charge is -2.09. The molecule has 0 unspecified atom stereocenters. The fraction of sp³-hybridized carbons (Fsp3) is 0.0625. The number of nitrogens with zero attached hydrogens (tertiary/aromatic N) is 1. The number of halogens is 1.